The first kappa shape index (κ1) is 16.9. The van der Waals surface area contributed by atoms with Gasteiger partial charge in [-0.05, 0) is 32.0 Å². The fourth-order valence-corrected chi connectivity index (χ4v) is 1.63. The molecule has 1 heterocycles. The largest absolute Gasteiger partial charge is 0.785 e. The van der Waals surface area contributed by atoms with Gasteiger partial charge in [-0.15, -0.1) is 5.10 Å². The molecule has 1 unspecified atom stereocenters. The molecule has 0 aromatic carbocycles. The second-order valence-electron chi connectivity index (χ2n) is 4.76. The van der Waals surface area contributed by atoms with Gasteiger partial charge in [0.25, 0.3) is 0 Å². The molecule has 0 radical (unpaired) electrons. The molecular weight excluding hydrogens is 277 g/mol. The lowest BCUT2D eigenvalue weighted by Crippen LogP contribution is -2.13. The summed E-state index contributed by atoms with van der Waals surface area (Å²) in [4.78, 5) is 0. The van der Waals surface area contributed by atoms with E-state index in [9.17, 15) is 9.60 Å². The Morgan fingerprint density at radius 3 is 2.81 bits per heavy atom. The minimum absolute atomic E-state index is 0.0672. The highest BCUT2D eigenvalue weighted by Crippen LogP contribution is 2.09. The molecule has 8 nitrogen and oxygen atoms in total. The maximum Gasteiger partial charge on any atom is 0.120 e. The molecule has 0 bridgehead atoms. The number of nitrogens with two attached hydrogens (primary N) is 3. The monoisotopic (exact) mass is 298 g/mol. The molecule has 0 saturated heterocycles. The van der Waals surface area contributed by atoms with E-state index in [0.29, 0.717) is 17.8 Å². The van der Waals surface area contributed by atoms with Gasteiger partial charge in [0.15, 0.2) is 0 Å². The fourth-order valence-electron chi connectivity index (χ4n) is 1.63. The fraction of sp³-hybridized carbons (Fsp3) is 0.500. The number of allylic oxidation sites excluding steroid dienone is 3. The summed E-state index contributed by atoms with van der Waals surface area (Å²) in [6.07, 6.45) is 4.09. The highest BCUT2D eigenvalue weighted by Gasteiger charge is 2.10. The Hall–Kier alpha value is -2.13. The van der Waals surface area contributed by atoms with Crippen LogP contribution in [0.25, 0.3) is 0 Å². The second-order valence-corrected chi connectivity index (χ2v) is 4.76. The van der Waals surface area contributed by atoms with Crippen molar-refractivity contribution < 1.29 is 4.39 Å². The van der Waals surface area contributed by atoms with Crippen LogP contribution in [0, 0.1) is 5.21 Å². The average molecular weight is 298 g/mol. The molecule has 1 rings (SSSR count). The van der Waals surface area contributed by atoms with Gasteiger partial charge in [-0.3, -0.25) is 0 Å². The SMILES string of the molecule is CN([O-])Cc1cn(CC(F)CC/C(N)=C/C=C(N)N)nn1. The molecule has 0 amide bonds. The molecule has 1 aromatic rings. The Morgan fingerprint density at radius 1 is 1.48 bits per heavy atom. The molecule has 6 N–H and O–H groups in total. The average Bonchev–Trinajstić information content (AvgIpc) is 2.80. The van der Waals surface area contributed by atoms with E-state index < -0.39 is 6.17 Å². The Labute approximate surface area is 122 Å². The van der Waals surface area contributed by atoms with E-state index in [2.05, 4.69) is 10.3 Å². The van der Waals surface area contributed by atoms with Crippen LogP contribution in [0.3, 0.4) is 0 Å². The van der Waals surface area contributed by atoms with Crippen LogP contribution in [0.1, 0.15) is 18.5 Å². The summed E-state index contributed by atoms with van der Waals surface area (Å²) >= 11 is 0. The van der Waals surface area contributed by atoms with Gasteiger partial charge in [-0.25, -0.2) is 9.07 Å². The normalized spacial score (nSPS) is 13.4. The van der Waals surface area contributed by atoms with Crippen molar-refractivity contribution in [3.63, 3.8) is 0 Å². The molecule has 0 fully saturated rings. The van der Waals surface area contributed by atoms with Crippen LogP contribution in [-0.4, -0.2) is 33.3 Å². The number of hydrogen-bond acceptors (Lipinski definition) is 7. The molecular formula is C12H21FN7O-. The maximum atomic E-state index is 13.8. The molecule has 0 aliphatic carbocycles. The van der Waals surface area contributed by atoms with E-state index in [4.69, 9.17) is 17.2 Å². The Bertz CT molecular complexity index is 494. The van der Waals surface area contributed by atoms with Crippen LogP contribution in [0.2, 0.25) is 0 Å². The quantitative estimate of drug-likeness (QED) is 0.451. The van der Waals surface area contributed by atoms with Crippen LogP contribution >= 0.6 is 0 Å². The number of hydroxylamine groups is 2. The first-order chi connectivity index (χ1) is 9.86. The number of halogens is 1. The van der Waals surface area contributed by atoms with Gasteiger partial charge >= 0.3 is 0 Å². The van der Waals surface area contributed by atoms with Gasteiger partial charge in [0.1, 0.15) is 6.17 Å². The smallest absolute Gasteiger partial charge is 0.120 e. The van der Waals surface area contributed by atoms with E-state index >= 15 is 0 Å². The van der Waals surface area contributed by atoms with Crippen LogP contribution < -0.4 is 17.2 Å². The summed E-state index contributed by atoms with van der Waals surface area (Å²) in [6, 6.07) is 0. The van der Waals surface area contributed by atoms with Crippen LogP contribution in [0.15, 0.2) is 29.9 Å². The Morgan fingerprint density at radius 2 is 2.19 bits per heavy atom. The minimum atomic E-state index is -1.12. The van der Waals surface area contributed by atoms with Crippen molar-refractivity contribution in [1.29, 1.82) is 0 Å². The van der Waals surface area contributed by atoms with Gasteiger partial charge in [-0.2, -0.15) is 0 Å². The molecule has 1 aromatic heterocycles. The van der Waals surface area contributed by atoms with Crippen molar-refractivity contribution in [3.05, 3.63) is 40.8 Å². The van der Waals surface area contributed by atoms with E-state index in [1.807, 2.05) is 0 Å². The summed E-state index contributed by atoms with van der Waals surface area (Å²) < 4.78 is 15.2. The molecule has 0 aliphatic rings. The first-order valence-electron chi connectivity index (χ1n) is 6.45. The van der Waals surface area contributed by atoms with Gasteiger partial charge in [-0.1, -0.05) is 5.21 Å². The summed E-state index contributed by atoms with van der Waals surface area (Å²) in [5.74, 6) is 0.147. The summed E-state index contributed by atoms with van der Waals surface area (Å²) in [5, 5.41) is 19.1. The predicted molar refractivity (Wildman–Crippen MR) is 77.7 cm³/mol. The van der Waals surface area contributed by atoms with Crippen LogP contribution in [-0.2, 0) is 13.1 Å². The standard InChI is InChI=1S/C12H21FN7O/c1-19(21)7-11-8-20(18-17-11)6-9(13)2-3-10(14)4-5-12(15)16/h4-5,8-9H,2-3,6-7,14-16H2,1H3/q-1/b10-4-. The van der Waals surface area contributed by atoms with Gasteiger partial charge < -0.3 is 27.5 Å². The lowest BCUT2D eigenvalue weighted by atomic mass is 10.1. The summed E-state index contributed by atoms with van der Waals surface area (Å²) in [7, 11) is 1.38. The minimum Gasteiger partial charge on any atom is -0.785 e. The van der Waals surface area contributed by atoms with Gasteiger partial charge in [0, 0.05) is 18.4 Å². The maximum absolute atomic E-state index is 13.8. The zero-order valence-electron chi connectivity index (χ0n) is 11.9. The van der Waals surface area contributed by atoms with Crippen molar-refractivity contribution in [2.24, 2.45) is 17.2 Å². The number of aromatic nitrogens is 3. The highest BCUT2D eigenvalue weighted by molar-refractivity contribution is 5.12. The summed E-state index contributed by atoms with van der Waals surface area (Å²) in [6.45, 7) is 0.192. The van der Waals surface area contributed by atoms with E-state index in [1.54, 1.807) is 12.3 Å². The highest BCUT2D eigenvalue weighted by atomic mass is 19.1. The van der Waals surface area contributed by atoms with Gasteiger partial charge in [0.05, 0.1) is 18.1 Å². The third kappa shape index (κ3) is 7.28. The van der Waals surface area contributed by atoms with E-state index in [-0.39, 0.29) is 25.3 Å². The van der Waals surface area contributed by atoms with Crippen LogP contribution in [0.5, 0.6) is 0 Å². The predicted octanol–water partition coefficient (Wildman–Crippen LogP) is -0.0726. The number of nitrogens with zero attached hydrogens (tertiary/aromatic N) is 4. The van der Waals surface area contributed by atoms with Crippen molar-refractivity contribution >= 4 is 0 Å². The van der Waals surface area contributed by atoms with Crippen molar-refractivity contribution in [3.8, 4) is 0 Å². The third-order valence-corrected chi connectivity index (χ3v) is 2.59. The zero-order valence-corrected chi connectivity index (χ0v) is 11.9. The zero-order chi connectivity index (χ0) is 15.8. The van der Waals surface area contributed by atoms with Crippen LogP contribution in [0.4, 0.5) is 4.39 Å². The molecule has 21 heavy (non-hydrogen) atoms. The van der Waals surface area contributed by atoms with Crippen molar-refractivity contribution in [2.45, 2.75) is 32.1 Å². The number of alkyl halides is 1. The van der Waals surface area contributed by atoms with E-state index in [1.165, 1.54) is 17.8 Å². The lowest BCUT2D eigenvalue weighted by Gasteiger charge is -2.19. The molecule has 9 heteroatoms. The van der Waals surface area contributed by atoms with Crippen molar-refractivity contribution in [1.82, 2.24) is 20.1 Å². The van der Waals surface area contributed by atoms with E-state index in [0.717, 1.165) is 5.06 Å². The Kier molecular flexibility index (Phi) is 6.63. The molecule has 0 spiro atoms. The number of rotatable bonds is 8. The lowest BCUT2D eigenvalue weighted by molar-refractivity contribution is 0.267. The topological polar surface area (TPSA) is 135 Å². The number of hydrogen-bond donors (Lipinski definition) is 3. The second kappa shape index (κ2) is 8.22. The Balaban J connectivity index is 2.40. The van der Waals surface area contributed by atoms with Gasteiger partial charge in [0.2, 0.25) is 0 Å². The molecule has 1 atom stereocenters. The van der Waals surface area contributed by atoms with Crippen molar-refractivity contribution in [2.75, 3.05) is 7.05 Å². The first-order valence-corrected chi connectivity index (χ1v) is 6.45. The summed E-state index contributed by atoms with van der Waals surface area (Å²) in [5.41, 5.74) is 17.2. The molecule has 0 aliphatic heterocycles. The molecule has 0 saturated carbocycles. The third-order valence-electron chi connectivity index (χ3n) is 2.59. The molecule has 118 valence electrons.